The molecule has 3 nitrogen and oxygen atoms in total. The summed E-state index contributed by atoms with van der Waals surface area (Å²) in [7, 11) is 0. The number of rotatable bonds is 2. The Bertz CT molecular complexity index is 328. The van der Waals surface area contributed by atoms with Crippen molar-refractivity contribution in [1.29, 1.82) is 0 Å². The lowest BCUT2D eigenvalue weighted by atomic mass is 10.4. The molecule has 0 unspecified atom stereocenters. The molecule has 66 valence electrons. The highest BCUT2D eigenvalue weighted by Gasteiger charge is 2.27. The van der Waals surface area contributed by atoms with E-state index in [1.54, 1.807) is 0 Å². The standard InChI is InChI=1S/C10H12N3/c1-2-13(8-7-11-9-13)10-5-3-4-6-12-10/h3-9H,2H2,1H3/q+1/t13-/m0/s1. The first-order valence-electron chi connectivity index (χ1n) is 4.38. The highest BCUT2D eigenvalue weighted by atomic mass is 15.4. The first kappa shape index (κ1) is 8.13. The molecular weight excluding hydrogens is 162 g/mol. The van der Waals surface area contributed by atoms with Crippen LogP contribution in [0.15, 0.2) is 41.8 Å². The van der Waals surface area contributed by atoms with E-state index >= 15 is 0 Å². The second-order valence-electron chi connectivity index (χ2n) is 3.00. The first-order chi connectivity index (χ1) is 6.37. The Balaban J connectivity index is 2.44. The molecule has 0 radical (unpaired) electrons. The van der Waals surface area contributed by atoms with Crippen molar-refractivity contribution < 1.29 is 0 Å². The molecule has 1 aromatic heterocycles. The van der Waals surface area contributed by atoms with Crippen LogP contribution in [0.25, 0.3) is 0 Å². The van der Waals surface area contributed by atoms with Gasteiger partial charge in [0.1, 0.15) is 6.20 Å². The molecule has 0 aliphatic carbocycles. The van der Waals surface area contributed by atoms with Crippen molar-refractivity contribution in [2.24, 2.45) is 4.99 Å². The van der Waals surface area contributed by atoms with Gasteiger partial charge in [-0.2, -0.15) is 0 Å². The van der Waals surface area contributed by atoms with Gasteiger partial charge in [-0.3, -0.25) is 0 Å². The highest BCUT2D eigenvalue weighted by molar-refractivity contribution is 5.76. The highest BCUT2D eigenvalue weighted by Crippen LogP contribution is 2.21. The molecule has 0 saturated heterocycles. The zero-order chi connectivity index (χ0) is 9.15. The van der Waals surface area contributed by atoms with E-state index in [1.807, 2.05) is 43.1 Å². The van der Waals surface area contributed by atoms with Crippen LogP contribution in [0, 0.1) is 0 Å². The van der Waals surface area contributed by atoms with E-state index in [1.165, 1.54) is 0 Å². The summed E-state index contributed by atoms with van der Waals surface area (Å²) < 4.78 is 0.626. The normalized spacial score (nSPS) is 25.3. The molecule has 0 fully saturated rings. The summed E-state index contributed by atoms with van der Waals surface area (Å²) in [6.45, 7) is 3.06. The Morgan fingerprint density at radius 3 is 2.85 bits per heavy atom. The first-order valence-corrected chi connectivity index (χ1v) is 4.38. The smallest absolute Gasteiger partial charge is 0.205 e. The van der Waals surface area contributed by atoms with Crippen molar-refractivity contribution in [3.05, 3.63) is 36.8 Å². The Kier molecular flexibility index (Phi) is 1.94. The summed E-state index contributed by atoms with van der Waals surface area (Å²) in [5, 5.41) is 0. The number of nitrogens with zero attached hydrogens (tertiary/aromatic N) is 3. The van der Waals surface area contributed by atoms with Crippen LogP contribution in [0.4, 0.5) is 5.82 Å². The van der Waals surface area contributed by atoms with E-state index in [0.717, 1.165) is 12.4 Å². The second-order valence-corrected chi connectivity index (χ2v) is 3.00. The largest absolute Gasteiger partial charge is 0.238 e. The molecule has 2 rings (SSSR count). The summed E-state index contributed by atoms with van der Waals surface area (Å²) >= 11 is 0. The third-order valence-electron chi connectivity index (χ3n) is 2.29. The molecule has 0 bridgehead atoms. The van der Waals surface area contributed by atoms with Crippen molar-refractivity contribution in [3.8, 4) is 0 Å². The quantitative estimate of drug-likeness (QED) is 0.629. The lowest BCUT2D eigenvalue weighted by molar-refractivity contribution is 0.575. The van der Waals surface area contributed by atoms with Crippen LogP contribution in [0.2, 0.25) is 0 Å². The van der Waals surface area contributed by atoms with Gasteiger partial charge in [-0.15, -0.1) is 0 Å². The predicted molar refractivity (Wildman–Crippen MR) is 54.2 cm³/mol. The molecule has 1 aromatic rings. The van der Waals surface area contributed by atoms with Crippen LogP contribution >= 0.6 is 0 Å². The van der Waals surface area contributed by atoms with Gasteiger partial charge in [0.25, 0.3) is 0 Å². The van der Waals surface area contributed by atoms with E-state index < -0.39 is 0 Å². The summed E-state index contributed by atoms with van der Waals surface area (Å²) in [5.74, 6) is 1.02. The number of pyridine rings is 1. The number of hydrogen-bond donors (Lipinski definition) is 0. The minimum atomic E-state index is 0.626. The molecule has 1 atom stereocenters. The van der Waals surface area contributed by atoms with Gasteiger partial charge in [-0.1, -0.05) is 6.07 Å². The molecular formula is C10H12N3+. The molecule has 0 spiro atoms. The zero-order valence-electron chi connectivity index (χ0n) is 7.59. The minimum absolute atomic E-state index is 0.626. The van der Waals surface area contributed by atoms with Gasteiger partial charge >= 0.3 is 0 Å². The van der Waals surface area contributed by atoms with Crippen LogP contribution in [-0.2, 0) is 0 Å². The Morgan fingerprint density at radius 2 is 2.31 bits per heavy atom. The lowest BCUT2D eigenvalue weighted by Gasteiger charge is -2.23. The summed E-state index contributed by atoms with van der Waals surface area (Å²) in [5.41, 5.74) is 0. The maximum absolute atomic E-state index is 4.33. The molecule has 0 N–H and O–H groups in total. The number of quaternary nitrogens is 1. The van der Waals surface area contributed by atoms with Gasteiger partial charge in [-0.25, -0.2) is 14.5 Å². The lowest BCUT2D eigenvalue weighted by Crippen LogP contribution is -2.40. The van der Waals surface area contributed by atoms with E-state index in [4.69, 9.17) is 0 Å². The van der Waals surface area contributed by atoms with Crippen molar-refractivity contribution in [1.82, 2.24) is 9.47 Å². The number of aliphatic imine (C=N–C) groups is 1. The SMILES string of the molecule is CC[N@+]1(c2ccccn2)C=CN=C1. The summed E-state index contributed by atoms with van der Waals surface area (Å²) in [6, 6.07) is 5.94. The van der Waals surface area contributed by atoms with Gasteiger partial charge in [-0.05, 0) is 13.0 Å². The molecule has 0 saturated carbocycles. The molecule has 0 aromatic carbocycles. The zero-order valence-corrected chi connectivity index (χ0v) is 7.59. The predicted octanol–water partition coefficient (Wildman–Crippen LogP) is 1.92. The van der Waals surface area contributed by atoms with Crippen molar-refractivity contribution in [3.63, 3.8) is 0 Å². The Labute approximate surface area is 77.6 Å². The summed E-state index contributed by atoms with van der Waals surface area (Å²) in [6.07, 6.45) is 7.58. The second kappa shape index (κ2) is 3.11. The van der Waals surface area contributed by atoms with Gasteiger partial charge in [0.2, 0.25) is 12.2 Å². The third-order valence-corrected chi connectivity index (χ3v) is 2.29. The maximum atomic E-state index is 4.33. The van der Waals surface area contributed by atoms with E-state index in [9.17, 15) is 0 Å². The molecule has 1 aliphatic heterocycles. The molecule has 2 heterocycles. The monoisotopic (exact) mass is 174 g/mol. The topological polar surface area (TPSA) is 25.2 Å². The van der Waals surface area contributed by atoms with Gasteiger partial charge in [0.05, 0.1) is 12.7 Å². The van der Waals surface area contributed by atoms with Crippen LogP contribution in [-0.4, -0.2) is 17.9 Å². The molecule has 13 heavy (non-hydrogen) atoms. The van der Waals surface area contributed by atoms with Crippen LogP contribution in [0.1, 0.15) is 6.92 Å². The Morgan fingerprint density at radius 1 is 1.38 bits per heavy atom. The fourth-order valence-electron chi connectivity index (χ4n) is 1.44. The fourth-order valence-corrected chi connectivity index (χ4v) is 1.44. The van der Waals surface area contributed by atoms with Gasteiger partial charge in [0, 0.05) is 12.3 Å². The molecule has 1 aliphatic rings. The summed E-state index contributed by atoms with van der Waals surface area (Å²) in [4.78, 5) is 8.44. The third kappa shape index (κ3) is 1.27. The average Bonchev–Trinajstić information content (AvgIpc) is 2.69. The minimum Gasteiger partial charge on any atom is -0.205 e. The fraction of sp³-hybridized carbons (Fsp3) is 0.200. The van der Waals surface area contributed by atoms with Gasteiger partial charge < -0.3 is 0 Å². The van der Waals surface area contributed by atoms with E-state index in [2.05, 4.69) is 16.9 Å². The van der Waals surface area contributed by atoms with Crippen molar-refractivity contribution in [2.75, 3.05) is 6.54 Å². The van der Waals surface area contributed by atoms with Crippen LogP contribution < -0.4 is 4.48 Å². The van der Waals surface area contributed by atoms with Crippen LogP contribution in [0.3, 0.4) is 0 Å². The van der Waals surface area contributed by atoms with Crippen molar-refractivity contribution in [2.45, 2.75) is 6.92 Å². The average molecular weight is 174 g/mol. The Hall–Kier alpha value is -1.48. The van der Waals surface area contributed by atoms with E-state index in [-0.39, 0.29) is 0 Å². The number of aromatic nitrogens is 1. The van der Waals surface area contributed by atoms with Crippen molar-refractivity contribution >= 4 is 12.2 Å². The van der Waals surface area contributed by atoms with E-state index in [0.29, 0.717) is 4.48 Å². The number of hydrogen-bond acceptors (Lipinski definition) is 2. The maximum Gasteiger partial charge on any atom is 0.238 e. The van der Waals surface area contributed by atoms with Crippen LogP contribution in [0.5, 0.6) is 0 Å². The van der Waals surface area contributed by atoms with Gasteiger partial charge in [0.15, 0.2) is 0 Å². The molecule has 0 amide bonds. The molecule has 3 heteroatoms.